The summed E-state index contributed by atoms with van der Waals surface area (Å²) >= 11 is 0. The summed E-state index contributed by atoms with van der Waals surface area (Å²) < 4.78 is 4.76. The Balaban J connectivity index is 2.17. The highest BCUT2D eigenvalue weighted by molar-refractivity contribution is 5.88. The Bertz CT molecular complexity index is 301. The molecule has 0 aromatic carbocycles. The molecule has 0 amide bonds. The van der Waals surface area contributed by atoms with Crippen LogP contribution >= 0.6 is 0 Å². The van der Waals surface area contributed by atoms with Gasteiger partial charge in [-0.25, -0.2) is 4.79 Å². The molecule has 2 nitrogen and oxygen atoms in total. The molecule has 2 rings (SSSR count). The standard InChI is InChI=1S/C12H16O2/c1-8-6-10(12(13)14-2)7-9-4-3-5-11(8)9/h3,5-6,8-9,11H,4,7H2,1-2H3/t8-,9+,11-/m1/s1. The molecular weight excluding hydrogens is 176 g/mol. The van der Waals surface area contributed by atoms with Gasteiger partial charge in [0.25, 0.3) is 0 Å². The summed E-state index contributed by atoms with van der Waals surface area (Å²) in [5.41, 5.74) is 0.866. The Morgan fingerprint density at radius 3 is 3.07 bits per heavy atom. The second kappa shape index (κ2) is 3.60. The Hall–Kier alpha value is -1.05. The third kappa shape index (κ3) is 1.49. The van der Waals surface area contributed by atoms with E-state index in [0.29, 0.717) is 17.8 Å². The lowest BCUT2D eigenvalue weighted by Crippen LogP contribution is -2.24. The predicted octanol–water partition coefficient (Wildman–Crippen LogP) is 2.32. The van der Waals surface area contributed by atoms with Gasteiger partial charge in [0.15, 0.2) is 0 Å². The minimum Gasteiger partial charge on any atom is -0.466 e. The van der Waals surface area contributed by atoms with Gasteiger partial charge in [-0.15, -0.1) is 0 Å². The molecule has 0 saturated heterocycles. The molecule has 0 unspecified atom stereocenters. The molecule has 0 aromatic rings. The number of fused-ring (bicyclic) bond motifs is 1. The molecule has 2 aliphatic rings. The van der Waals surface area contributed by atoms with Crippen molar-refractivity contribution in [1.29, 1.82) is 0 Å². The summed E-state index contributed by atoms with van der Waals surface area (Å²) in [5, 5.41) is 0. The van der Waals surface area contributed by atoms with E-state index in [0.717, 1.165) is 18.4 Å². The molecule has 0 spiro atoms. The van der Waals surface area contributed by atoms with Gasteiger partial charge in [0.1, 0.15) is 0 Å². The summed E-state index contributed by atoms with van der Waals surface area (Å²) in [6, 6.07) is 0. The second-order valence-corrected chi connectivity index (χ2v) is 4.25. The zero-order valence-corrected chi connectivity index (χ0v) is 8.69. The van der Waals surface area contributed by atoms with Crippen LogP contribution in [0.15, 0.2) is 23.8 Å². The fraction of sp³-hybridized carbons (Fsp3) is 0.583. The van der Waals surface area contributed by atoms with E-state index in [1.807, 2.05) is 0 Å². The van der Waals surface area contributed by atoms with Crippen molar-refractivity contribution < 1.29 is 9.53 Å². The zero-order valence-electron chi connectivity index (χ0n) is 8.69. The molecule has 0 bridgehead atoms. The first kappa shape index (κ1) is 9.50. The van der Waals surface area contributed by atoms with Gasteiger partial charge < -0.3 is 4.74 Å². The van der Waals surface area contributed by atoms with Gasteiger partial charge in [-0.05, 0) is 30.6 Å². The van der Waals surface area contributed by atoms with E-state index < -0.39 is 0 Å². The number of methoxy groups -OCH3 is 1. The Morgan fingerprint density at radius 1 is 1.57 bits per heavy atom. The Morgan fingerprint density at radius 2 is 2.36 bits per heavy atom. The van der Waals surface area contributed by atoms with Crippen molar-refractivity contribution in [2.75, 3.05) is 7.11 Å². The molecule has 76 valence electrons. The summed E-state index contributed by atoms with van der Waals surface area (Å²) in [5.74, 6) is 1.59. The van der Waals surface area contributed by atoms with Crippen LogP contribution in [0, 0.1) is 17.8 Å². The van der Waals surface area contributed by atoms with E-state index in [1.54, 1.807) is 0 Å². The van der Waals surface area contributed by atoms with Crippen LogP contribution < -0.4 is 0 Å². The van der Waals surface area contributed by atoms with Crippen molar-refractivity contribution in [3.63, 3.8) is 0 Å². The topological polar surface area (TPSA) is 26.3 Å². The smallest absolute Gasteiger partial charge is 0.333 e. The average Bonchev–Trinajstić information content (AvgIpc) is 2.64. The molecule has 3 atom stereocenters. The van der Waals surface area contributed by atoms with Crippen LogP contribution in [0.1, 0.15) is 19.8 Å². The number of hydrogen-bond donors (Lipinski definition) is 0. The van der Waals surface area contributed by atoms with Crippen LogP contribution in [0.3, 0.4) is 0 Å². The third-order valence-electron chi connectivity index (χ3n) is 3.34. The normalized spacial score (nSPS) is 35.0. The van der Waals surface area contributed by atoms with E-state index in [1.165, 1.54) is 7.11 Å². The SMILES string of the molecule is COC(=O)C1=C[C@@H](C)[C@H]2C=CC[C@H]2C1. The monoisotopic (exact) mass is 192 g/mol. The molecule has 0 N–H and O–H groups in total. The quantitative estimate of drug-likeness (QED) is 0.471. The van der Waals surface area contributed by atoms with Gasteiger partial charge in [0, 0.05) is 5.57 Å². The molecule has 0 radical (unpaired) electrons. The van der Waals surface area contributed by atoms with Gasteiger partial charge in [0.2, 0.25) is 0 Å². The van der Waals surface area contributed by atoms with Gasteiger partial charge in [0.05, 0.1) is 7.11 Å². The summed E-state index contributed by atoms with van der Waals surface area (Å²) in [6.45, 7) is 2.18. The first-order chi connectivity index (χ1) is 6.72. The van der Waals surface area contributed by atoms with Crippen molar-refractivity contribution >= 4 is 5.97 Å². The zero-order chi connectivity index (χ0) is 10.1. The lowest BCUT2D eigenvalue weighted by Gasteiger charge is -2.29. The van der Waals surface area contributed by atoms with E-state index in [2.05, 4.69) is 25.2 Å². The fourth-order valence-electron chi connectivity index (χ4n) is 2.61. The van der Waals surface area contributed by atoms with Gasteiger partial charge in [-0.3, -0.25) is 0 Å². The summed E-state index contributed by atoms with van der Waals surface area (Å²) in [7, 11) is 1.45. The molecule has 14 heavy (non-hydrogen) atoms. The number of esters is 1. The van der Waals surface area contributed by atoms with Crippen molar-refractivity contribution in [1.82, 2.24) is 0 Å². The highest BCUT2D eigenvalue weighted by atomic mass is 16.5. The molecule has 2 aliphatic carbocycles. The summed E-state index contributed by atoms with van der Waals surface area (Å²) in [4.78, 5) is 11.4. The maximum atomic E-state index is 11.4. The number of rotatable bonds is 1. The van der Waals surface area contributed by atoms with E-state index in [-0.39, 0.29) is 5.97 Å². The number of carbonyl (C=O) groups is 1. The molecule has 0 fully saturated rings. The Kier molecular flexibility index (Phi) is 2.44. The van der Waals surface area contributed by atoms with E-state index in [9.17, 15) is 4.79 Å². The van der Waals surface area contributed by atoms with Gasteiger partial charge in [-0.1, -0.05) is 25.2 Å². The Labute approximate surface area is 84.6 Å². The number of ether oxygens (including phenoxy) is 1. The van der Waals surface area contributed by atoms with Crippen molar-refractivity contribution in [3.8, 4) is 0 Å². The maximum absolute atomic E-state index is 11.4. The van der Waals surface area contributed by atoms with E-state index >= 15 is 0 Å². The van der Waals surface area contributed by atoms with Gasteiger partial charge in [-0.2, -0.15) is 0 Å². The first-order valence-electron chi connectivity index (χ1n) is 5.18. The van der Waals surface area contributed by atoms with Crippen molar-refractivity contribution in [2.24, 2.45) is 17.8 Å². The highest BCUT2D eigenvalue weighted by Gasteiger charge is 2.33. The lowest BCUT2D eigenvalue weighted by molar-refractivity contribution is -0.136. The van der Waals surface area contributed by atoms with Crippen LogP contribution in [0.5, 0.6) is 0 Å². The van der Waals surface area contributed by atoms with Crippen molar-refractivity contribution in [3.05, 3.63) is 23.8 Å². The van der Waals surface area contributed by atoms with Crippen LogP contribution in [0.4, 0.5) is 0 Å². The van der Waals surface area contributed by atoms with Crippen LogP contribution in [0.2, 0.25) is 0 Å². The molecule has 0 heterocycles. The largest absolute Gasteiger partial charge is 0.466 e. The highest BCUT2D eigenvalue weighted by Crippen LogP contribution is 2.40. The minimum atomic E-state index is -0.151. The molecule has 2 heteroatoms. The summed E-state index contributed by atoms with van der Waals surface area (Å²) in [6.07, 6.45) is 8.60. The second-order valence-electron chi connectivity index (χ2n) is 4.25. The number of allylic oxidation sites excluding steroid dienone is 3. The average molecular weight is 192 g/mol. The maximum Gasteiger partial charge on any atom is 0.333 e. The first-order valence-corrected chi connectivity index (χ1v) is 5.18. The van der Waals surface area contributed by atoms with E-state index in [4.69, 9.17) is 4.74 Å². The van der Waals surface area contributed by atoms with Crippen molar-refractivity contribution in [2.45, 2.75) is 19.8 Å². The minimum absolute atomic E-state index is 0.151. The predicted molar refractivity (Wildman–Crippen MR) is 54.6 cm³/mol. The van der Waals surface area contributed by atoms with Crippen LogP contribution in [0.25, 0.3) is 0 Å². The number of carbonyl (C=O) groups excluding carboxylic acids is 1. The van der Waals surface area contributed by atoms with Crippen LogP contribution in [-0.4, -0.2) is 13.1 Å². The lowest BCUT2D eigenvalue weighted by atomic mass is 9.76. The van der Waals surface area contributed by atoms with Gasteiger partial charge >= 0.3 is 5.97 Å². The molecule has 0 aliphatic heterocycles. The fourth-order valence-corrected chi connectivity index (χ4v) is 2.61. The number of hydrogen-bond acceptors (Lipinski definition) is 2. The van der Waals surface area contributed by atoms with Crippen LogP contribution in [-0.2, 0) is 9.53 Å². The molecular formula is C12H16O2. The third-order valence-corrected chi connectivity index (χ3v) is 3.34. The molecule has 0 saturated carbocycles. The molecule has 0 aromatic heterocycles.